The standard InChI is InChI=1S/C13H15BrF2N2O2/c14-8-5-9(15)11(10(16)6-8)18-12(19)17-7-13(20)3-1-2-4-13/h5-6,20H,1-4,7H2,(H2,17,18,19). The molecule has 0 heterocycles. The lowest BCUT2D eigenvalue weighted by molar-refractivity contribution is 0.0506. The summed E-state index contributed by atoms with van der Waals surface area (Å²) in [6.07, 6.45) is 3.06. The van der Waals surface area contributed by atoms with Crippen LogP contribution < -0.4 is 10.6 Å². The van der Waals surface area contributed by atoms with Gasteiger partial charge in [-0.15, -0.1) is 0 Å². The molecule has 3 N–H and O–H groups in total. The van der Waals surface area contributed by atoms with Crippen molar-refractivity contribution in [1.29, 1.82) is 0 Å². The number of hydrogen-bond donors (Lipinski definition) is 3. The van der Waals surface area contributed by atoms with Gasteiger partial charge >= 0.3 is 6.03 Å². The Labute approximate surface area is 123 Å². The fourth-order valence-electron chi connectivity index (χ4n) is 2.27. The number of anilines is 1. The van der Waals surface area contributed by atoms with E-state index < -0.39 is 29.0 Å². The third-order valence-electron chi connectivity index (χ3n) is 3.36. The van der Waals surface area contributed by atoms with Gasteiger partial charge in [0.2, 0.25) is 0 Å². The van der Waals surface area contributed by atoms with E-state index in [4.69, 9.17) is 0 Å². The minimum atomic E-state index is -0.909. The Morgan fingerprint density at radius 3 is 2.40 bits per heavy atom. The van der Waals surface area contributed by atoms with E-state index >= 15 is 0 Å². The zero-order valence-corrected chi connectivity index (χ0v) is 12.3. The molecule has 110 valence electrons. The van der Waals surface area contributed by atoms with Gasteiger partial charge in [0.1, 0.15) is 5.69 Å². The van der Waals surface area contributed by atoms with Crippen molar-refractivity contribution in [3.05, 3.63) is 28.2 Å². The first-order valence-corrected chi connectivity index (χ1v) is 7.11. The lowest BCUT2D eigenvalue weighted by atomic mass is 10.0. The van der Waals surface area contributed by atoms with Crippen LogP contribution in [0.4, 0.5) is 19.3 Å². The molecule has 0 atom stereocenters. The number of halogens is 3. The molecule has 0 saturated heterocycles. The van der Waals surface area contributed by atoms with Gasteiger partial charge in [0.15, 0.2) is 11.6 Å². The Kier molecular flexibility index (Phi) is 4.59. The average Bonchev–Trinajstić information content (AvgIpc) is 2.79. The summed E-state index contributed by atoms with van der Waals surface area (Å²) in [5.74, 6) is -1.74. The Morgan fingerprint density at radius 2 is 1.85 bits per heavy atom. The summed E-state index contributed by atoms with van der Waals surface area (Å²) < 4.78 is 27.3. The normalized spacial score (nSPS) is 17.0. The summed E-state index contributed by atoms with van der Waals surface area (Å²) in [6.45, 7) is 0.0681. The van der Waals surface area contributed by atoms with E-state index in [9.17, 15) is 18.7 Å². The number of urea groups is 1. The van der Waals surface area contributed by atoms with Crippen LogP contribution in [0.15, 0.2) is 16.6 Å². The summed E-state index contributed by atoms with van der Waals surface area (Å²) in [7, 11) is 0. The van der Waals surface area contributed by atoms with Gasteiger partial charge in [0.25, 0.3) is 0 Å². The topological polar surface area (TPSA) is 61.4 Å². The van der Waals surface area contributed by atoms with Crippen molar-refractivity contribution in [3.8, 4) is 0 Å². The number of rotatable bonds is 3. The van der Waals surface area contributed by atoms with Crippen LogP contribution in [0.5, 0.6) is 0 Å². The van der Waals surface area contributed by atoms with Gasteiger partial charge in [-0.1, -0.05) is 28.8 Å². The van der Waals surface area contributed by atoms with Gasteiger partial charge in [-0.3, -0.25) is 0 Å². The summed E-state index contributed by atoms with van der Waals surface area (Å²) in [5.41, 5.74) is -1.42. The maximum absolute atomic E-state index is 13.5. The third kappa shape index (κ3) is 3.67. The molecule has 7 heteroatoms. The van der Waals surface area contributed by atoms with E-state index in [1.165, 1.54) is 0 Å². The molecule has 0 bridgehead atoms. The molecule has 0 unspecified atom stereocenters. The second-order valence-corrected chi connectivity index (χ2v) is 5.90. The predicted octanol–water partition coefficient (Wildman–Crippen LogP) is 3.15. The Morgan fingerprint density at radius 1 is 1.30 bits per heavy atom. The Bertz CT molecular complexity index is 496. The molecule has 0 radical (unpaired) electrons. The zero-order valence-electron chi connectivity index (χ0n) is 10.7. The number of benzene rings is 1. The molecule has 1 aromatic carbocycles. The second-order valence-electron chi connectivity index (χ2n) is 4.98. The highest BCUT2D eigenvalue weighted by Crippen LogP contribution is 2.28. The molecule has 2 amide bonds. The van der Waals surface area contributed by atoms with E-state index in [1.807, 2.05) is 0 Å². The summed E-state index contributed by atoms with van der Waals surface area (Å²) >= 11 is 2.95. The van der Waals surface area contributed by atoms with Crippen LogP contribution in [0.2, 0.25) is 0 Å². The lowest BCUT2D eigenvalue weighted by Crippen LogP contribution is -2.42. The minimum absolute atomic E-state index is 0.0681. The lowest BCUT2D eigenvalue weighted by Gasteiger charge is -2.22. The average molecular weight is 349 g/mol. The summed E-state index contributed by atoms with van der Waals surface area (Å²) in [6, 6.07) is 1.37. The minimum Gasteiger partial charge on any atom is -0.388 e. The van der Waals surface area contributed by atoms with Crippen molar-refractivity contribution in [3.63, 3.8) is 0 Å². The van der Waals surface area contributed by atoms with Crippen LogP contribution in [0.3, 0.4) is 0 Å². The van der Waals surface area contributed by atoms with E-state index in [-0.39, 0.29) is 11.0 Å². The molecule has 4 nitrogen and oxygen atoms in total. The van der Waals surface area contributed by atoms with E-state index in [1.54, 1.807) is 0 Å². The SMILES string of the molecule is O=C(NCC1(O)CCCC1)Nc1c(F)cc(Br)cc1F. The highest BCUT2D eigenvalue weighted by Gasteiger charge is 2.31. The Balaban J connectivity index is 1.95. The largest absolute Gasteiger partial charge is 0.388 e. The molecule has 0 aliphatic heterocycles. The first-order valence-electron chi connectivity index (χ1n) is 6.31. The Hall–Kier alpha value is -1.21. The molecule has 0 aromatic heterocycles. The van der Waals surface area contributed by atoms with E-state index in [0.29, 0.717) is 12.8 Å². The molecule has 0 spiro atoms. The van der Waals surface area contributed by atoms with Gasteiger partial charge in [-0.05, 0) is 25.0 Å². The van der Waals surface area contributed by atoms with Crippen LogP contribution in [0, 0.1) is 11.6 Å². The van der Waals surface area contributed by atoms with Crippen molar-refractivity contribution in [2.45, 2.75) is 31.3 Å². The molecular formula is C13H15BrF2N2O2. The second kappa shape index (κ2) is 6.05. The summed E-state index contributed by atoms with van der Waals surface area (Å²) in [5, 5.41) is 14.6. The third-order valence-corrected chi connectivity index (χ3v) is 3.82. The molecule has 2 rings (SSSR count). The van der Waals surface area contributed by atoms with E-state index in [0.717, 1.165) is 25.0 Å². The number of aliphatic hydroxyl groups is 1. The maximum atomic E-state index is 13.5. The van der Waals surface area contributed by atoms with Gasteiger partial charge in [0, 0.05) is 11.0 Å². The number of amides is 2. The summed E-state index contributed by atoms with van der Waals surface area (Å²) in [4.78, 5) is 11.6. The highest BCUT2D eigenvalue weighted by molar-refractivity contribution is 9.10. The molecule has 1 saturated carbocycles. The molecule has 1 aliphatic carbocycles. The number of nitrogens with one attached hydrogen (secondary N) is 2. The number of carbonyl (C=O) groups is 1. The number of carbonyl (C=O) groups excluding carboxylic acids is 1. The first kappa shape index (κ1) is 15.2. The van der Waals surface area contributed by atoms with Crippen molar-refractivity contribution >= 4 is 27.6 Å². The van der Waals surface area contributed by atoms with Crippen LogP contribution in [0.1, 0.15) is 25.7 Å². The molecule has 1 aliphatic rings. The molecule has 20 heavy (non-hydrogen) atoms. The molecule has 1 fully saturated rings. The fraction of sp³-hybridized carbons (Fsp3) is 0.462. The first-order chi connectivity index (χ1) is 9.39. The maximum Gasteiger partial charge on any atom is 0.319 e. The van der Waals surface area contributed by atoms with Gasteiger partial charge in [0.05, 0.1) is 5.60 Å². The predicted molar refractivity (Wildman–Crippen MR) is 74.5 cm³/mol. The fourth-order valence-corrected chi connectivity index (χ4v) is 2.68. The van der Waals surface area contributed by atoms with Crippen LogP contribution in [0.25, 0.3) is 0 Å². The smallest absolute Gasteiger partial charge is 0.319 e. The van der Waals surface area contributed by atoms with Crippen molar-refractivity contribution in [2.24, 2.45) is 0 Å². The van der Waals surface area contributed by atoms with Gasteiger partial charge in [-0.2, -0.15) is 0 Å². The molecule has 1 aromatic rings. The van der Waals surface area contributed by atoms with Crippen LogP contribution >= 0.6 is 15.9 Å². The highest BCUT2D eigenvalue weighted by atomic mass is 79.9. The van der Waals surface area contributed by atoms with Gasteiger partial charge in [-0.25, -0.2) is 13.6 Å². The monoisotopic (exact) mass is 348 g/mol. The molecular weight excluding hydrogens is 334 g/mol. The quantitative estimate of drug-likeness (QED) is 0.785. The zero-order chi connectivity index (χ0) is 14.8. The van der Waals surface area contributed by atoms with Crippen molar-refractivity contribution < 1.29 is 18.7 Å². The van der Waals surface area contributed by atoms with Crippen LogP contribution in [-0.2, 0) is 0 Å². The van der Waals surface area contributed by atoms with Gasteiger partial charge < -0.3 is 15.7 Å². The van der Waals surface area contributed by atoms with E-state index in [2.05, 4.69) is 26.6 Å². The van der Waals surface area contributed by atoms with Crippen LogP contribution in [-0.4, -0.2) is 23.3 Å². The van der Waals surface area contributed by atoms with Crippen molar-refractivity contribution in [1.82, 2.24) is 5.32 Å². The van der Waals surface area contributed by atoms with Crippen molar-refractivity contribution in [2.75, 3.05) is 11.9 Å². The number of hydrogen-bond acceptors (Lipinski definition) is 2.